The Balaban J connectivity index is 0.00000324. The maximum atomic E-state index is 9.26. The number of aromatic hydroxyl groups is 1. The Labute approximate surface area is 122 Å². The highest BCUT2D eigenvalue weighted by atomic mass is 35.5. The van der Waals surface area contributed by atoms with Gasteiger partial charge in [-0.15, -0.1) is 12.4 Å². The Morgan fingerprint density at radius 1 is 1.16 bits per heavy atom. The minimum Gasteiger partial charge on any atom is -0.508 e. The van der Waals surface area contributed by atoms with Crippen LogP contribution in [0.3, 0.4) is 0 Å². The Hall–Kier alpha value is -0.770. The molecule has 0 heterocycles. The topological polar surface area (TPSA) is 43.7 Å². The summed E-state index contributed by atoms with van der Waals surface area (Å²) in [5.74, 6) is 0.321. The van der Waals surface area contributed by atoms with Crippen LogP contribution in [0.25, 0.3) is 0 Å². The van der Waals surface area contributed by atoms with E-state index in [0.29, 0.717) is 11.8 Å². The van der Waals surface area contributed by atoms with Gasteiger partial charge in [0.2, 0.25) is 0 Å². The SMILES string of the molecule is CCN(CCCCO)C(C)Cc1ccc(O)cc1.Cl. The molecule has 3 nitrogen and oxygen atoms in total. The summed E-state index contributed by atoms with van der Waals surface area (Å²) in [5.41, 5.74) is 1.25. The lowest BCUT2D eigenvalue weighted by Crippen LogP contribution is -2.35. The molecule has 1 atom stereocenters. The molecular formula is C15H26ClNO2. The lowest BCUT2D eigenvalue weighted by Gasteiger charge is -2.28. The summed E-state index contributed by atoms with van der Waals surface area (Å²) in [6, 6.07) is 7.92. The van der Waals surface area contributed by atoms with Gasteiger partial charge < -0.3 is 15.1 Å². The Morgan fingerprint density at radius 2 is 1.79 bits per heavy atom. The van der Waals surface area contributed by atoms with Crippen LogP contribution in [0.1, 0.15) is 32.3 Å². The average Bonchev–Trinajstić information content (AvgIpc) is 2.37. The zero-order valence-corrected chi connectivity index (χ0v) is 12.7. The fourth-order valence-electron chi connectivity index (χ4n) is 2.22. The van der Waals surface area contributed by atoms with Crippen molar-refractivity contribution in [2.24, 2.45) is 0 Å². The second-order valence-electron chi connectivity index (χ2n) is 4.78. The molecule has 1 unspecified atom stereocenters. The molecule has 4 heteroatoms. The first-order chi connectivity index (χ1) is 8.67. The van der Waals surface area contributed by atoms with E-state index in [1.807, 2.05) is 12.1 Å². The number of phenolic OH excluding ortho intramolecular Hbond substituents is 1. The zero-order chi connectivity index (χ0) is 13.4. The molecule has 0 saturated carbocycles. The van der Waals surface area contributed by atoms with Crippen LogP contribution in [0.2, 0.25) is 0 Å². The van der Waals surface area contributed by atoms with Crippen molar-refractivity contribution in [2.45, 2.75) is 39.2 Å². The van der Waals surface area contributed by atoms with Crippen molar-refractivity contribution in [3.63, 3.8) is 0 Å². The largest absolute Gasteiger partial charge is 0.508 e. The number of nitrogens with zero attached hydrogens (tertiary/aromatic N) is 1. The Kier molecular flexibility index (Phi) is 9.66. The van der Waals surface area contributed by atoms with Gasteiger partial charge in [-0.2, -0.15) is 0 Å². The van der Waals surface area contributed by atoms with Crippen LogP contribution >= 0.6 is 12.4 Å². The summed E-state index contributed by atoms with van der Waals surface area (Å²) < 4.78 is 0. The summed E-state index contributed by atoms with van der Waals surface area (Å²) in [6.07, 6.45) is 2.92. The fraction of sp³-hybridized carbons (Fsp3) is 0.600. The molecule has 0 amide bonds. The lowest BCUT2D eigenvalue weighted by molar-refractivity contribution is 0.203. The van der Waals surface area contributed by atoms with Crippen molar-refractivity contribution < 1.29 is 10.2 Å². The second kappa shape index (κ2) is 10.1. The molecule has 0 saturated heterocycles. The maximum Gasteiger partial charge on any atom is 0.115 e. The van der Waals surface area contributed by atoms with Gasteiger partial charge >= 0.3 is 0 Å². The molecule has 0 aromatic heterocycles. The summed E-state index contributed by atoms with van der Waals surface area (Å²) in [5, 5.41) is 18.1. The van der Waals surface area contributed by atoms with Crippen molar-refractivity contribution in [3.8, 4) is 5.75 Å². The van der Waals surface area contributed by atoms with E-state index in [4.69, 9.17) is 5.11 Å². The number of phenols is 1. The second-order valence-corrected chi connectivity index (χ2v) is 4.78. The predicted octanol–water partition coefficient (Wildman–Crippen LogP) is 2.84. The molecule has 2 N–H and O–H groups in total. The van der Waals surface area contributed by atoms with E-state index in [0.717, 1.165) is 32.4 Å². The van der Waals surface area contributed by atoms with Gasteiger partial charge in [-0.1, -0.05) is 19.1 Å². The highest BCUT2D eigenvalue weighted by Gasteiger charge is 2.12. The number of hydrogen-bond donors (Lipinski definition) is 2. The minimum absolute atomic E-state index is 0. The smallest absolute Gasteiger partial charge is 0.115 e. The third-order valence-corrected chi connectivity index (χ3v) is 3.35. The van der Waals surface area contributed by atoms with Gasteiger partial charge in [0.25, 0.3) is 0 Å². The summed E-state index contributed by atoms with van der Waals surface area (Å²) >= 11 is 0. The predicted molar refractivity (Wildman–Crippen MR) is 82.1 cm³/mol. The molecule has 19 heavy (non-hydrogen) atoms. The van der Waals surface area contributed by atoms with Gasteiger partial charge in [0.1, 0.15) is 5.75 Å². The first-order valence-corrected chi connectivity index (χ1v) is 6.80. The van der Waals surface area contributed by atoms with Crippen molar-refractivity contribution in [1.29, 1.82) is 0 Å². The van der Waals surface area contributed by atoms with Gasteiger partial charge in [0, 0.05) is 12.6 Å². The van der Waals surface area contributed by atoms with Crippen molar-refractivity contribution in [3.05, 3.63) is 29.8 Å². The van der Waals surface area contributed by atoms with Crippen LogP contribution < -0.4 is 0 Å². The van der Waals surface area contributed by atoms with E-state index in [-0.39, 0.29) is 19.0 Å². The molecule has 0 bridgehead atoms. The van der Waals surface area contributed by atoms with E-state index in [2.05, 4.69) is 18.7 Å². The molecule has 0 aliphatic carbocycles. The molecular weight excluding hydrogens is 262 g/mol. The average molecular weight is 288 g/mol. The van der Waals surface area contributed by atoms with Crippen molar-refractivity contribution in [2.75, 3.05) is 19.7 Å². The van der Waals surface area contributed by atoms with Crippen LogP contribution in [0.15, 0.2) is 24.3 Å². The first-order valence-electron chi connectivity index (χ1n) is 6.80. The molecule has 1 aromatic rings. The zero-order valence-electron chi connectivity index (χ0n) is 11.9. The van der Waals surface area contributed by atoms with Crippen LogP contribution in [0.5, 0.6) is 5.75 Å². The Bertz CT molecular complexity index is 329. The van der Waals surface area contributed by atoms with Crippen LogP contribution in [-0.2, 0) is 6.42 Å². The van der Waals surface area contributed by atoms with E-state index in [1.165, 1.54) is 5.56 Å². The van der Waals surface area contributed by atoms with Crippen LogP contribution in [0.4, 0.5) is 0 Å². The monoisotopic (exact) mass is 287 g/mol. The van der Waals surface area contributed by atoms with Crippen LogP contribution in [0, 0.1) is 0 Å². The highest BCUT2D eigenvalue weighted by Crippen LogP contribution is 2.13. The quantitative estimate of drug-likeness (QED) is 0.723. The van der Waals surface area contributed by atoms with E-state index in [1.54, 1.807) is 12.1 Å². The number of hydrogen-bond acceptors (Lipinski definition) is 3. The van der Waals surface area contributed by atoms with Gasteiger partial charge in [-0.05, 0) is 57.0 Å². The van der Waals surface area contributed by atoms with Crippen LogP contribution in [-0.4, -0.2) is 40.9 Å². The molecule has 1 rings (SSSR count). The van der Waals surface area contributed by atoms with Gasteiger partial charge in [-0.3, -0.25) is 0 Å². The third-order valence-electron chi connectivity index (χ3n) is 3.35. The number of rotatable bonds is 8. The molecule has 0 aliphatic rings. The number of aliphatic hydroxyl groups excluding tert-OH is 1. The number of halogens is 1. The maximum absolute atomic E-state index is 9.26. The highest BCUT2D eigenvalue weighted by molar-refractivity contribution is 5.85. The number of unbranched alkanes of at least 4 members (excludes halogenated alkanes) is 1. The van der Waals surface area contributed by atoms with E-state index >= 15 is 0 Å². The van der Waals surface area contributed by atoms with Crippen molar-refractivity contribution >= 4 is 12.4 Å². The minimum atomic E-state index is 0. The number of benzene rings is 1. The molecule has 110 valence electrons. The molecule has 0 spiro atoms. The van der Waals surface area contributed by atoms with Gasteiger partial charge in [-0.25, -0.2) is 0 Å². The molecule has 1 aromatic carbocycles. The van der Waals surface area contributed by atoms with Gasteiger partial charge in [0.05, 0.1) is 0 Å². The number of aliphatic hydroxyl groups is 1. The van der Waals surface area contributed by atoms with E-state index < -0.39 is 0 Å². The molecule has 0 aliphatic heterocycles. The fourth-order valence-corrected chi connectivity index (χ4v) is 2.22. The molecule has 0 fully saturated rings. The third kappa shape index (κ3) is 6.81. The normalized spacial score (nSPS) is 12.2. The number of likely N-dealkylation sites (N-methyl/N-ethyl adjacent to an activating group) is 1. The Morgan fingerprint density at radius 3 is 2.32 bits per heavy atom. The molecule has 0 radical (unpaired) electrons. The summed E-state index contributed by atoms with van der Waals surface area (Å²) in [7, 11) is 0. The summed E-state index contributed by atoms with van der Waals surface area (Å²) in [4.78, 5) is 2.43. The van der Waals surface area contributed by atoms with Crippen molar-refractivity contribution in [1.82, 2.24) is 4.90 Å². The van der Waals surface area contributed by atoms with E-state index in [9.17, 15) is 5.11 Å². The standard InChI is InChI=1S/C15H25NO2.ClH/c1-3-16(10-4-5-11-17)13(2)12-14-6-8-15(18)9-7-14;/h6-9,13,17-18H,3-5,10-12H2,1-2H3;1H. The lowest BCUT2D eigenvalue weighted by atomic mass is 10.1. The van der Waals surface area contributed by atoms with Gasteiger partial charge in [0.15, 0.2) is 0 Å². The summed E-state index contributed by atoms with van der Waals surface area (Å²) in [6.45, 7) is 6.76. The first kappa shape index (κ1) is 18.2.